The number of nitrogens with one attached hydrogen (secondary N) is 1. The maximum Gasteiger partial charge on any atom is 0.269 e. The molecule has 0 amide bonds. The lowest BCUT2D eigenvalue weighted by molar-refractivity contribution is -0.384. The molecule has 6 nitrogen and oxygen atoms in total. The first-order chi connectivity index (χ1) is 9.60. The van der Waals surface area contributed by atoms with Crippen LogP contribution in [0.2, 0.25) is 0 Å². The molecule has 2 rings (SSSR count). The second-order valence-corrected chi connectivity index (χ2v) is 4.04. The third-order valence-electron chi connectivity index (χ3n) is 2.60. The molecule has 1 radical (unpaired) electrons. The Balaban J connectivity index is 2.20. The first-order valence-electron chi connectivity index (χ1n) is 6.07. The number of nitro groups is 1. The van der Waals surface area contributed by atoms with E-state index in [9.17, 15) is 15.2 Å². The van der Waals surface area contributed by atoms with E-state index >= 15 is 0 Å². The smallest absolute Gasteiger partial charge is 0.269 e. The van der Waals surface area contributed by atoms with Gasteiger partial charge in [-0.25, -0.2) is 0 Å². The summed E-state index contributed by atoms with van der Waals surface area (Å²) in [4.78, 5) is 10.1. The van der Waals surface area contributed by atoms with Crippen molar-refractivity contribution in [2.75, 3.05) is 11.9 Å². The molecular formula is C14H13N2O4. The van der Waals surface area contributed by atoms with Gasteiger partial charge in [0.25, 0.3) is 5.69 Å². The van der Waals surface area contributed by atoms with Gasteiger partial charge in [-0.1, -0.05) is 0 Å². The Hall–Kier alpha value is -2.76. The molecule has 0 bridgehead atoms. The SMILES string of the molecule is CCNc1ccc([O])c(Oc2ccc([N+](=O)[O-])cc2)c1. The quantitative estimate of drug-likeness (QED) is 0.660. The Morgan fingerprint density at radius 1 is 1.20 bits per heavy atom. The van der Waals surface area contributed by atoms with Crippen LogP contribution in [-0.2, 0) is 5.11 Å². The van der Waals surface area contributed by atoms with Crippen LogP contribution < -0.4 is 10.1 Å². The van der Waals surface area contributed by atoms with Crippen LogP contribution in [0.5, 0.6) is 17.2 Å². The number of nitrogens with zero attached hydrogens (tertiary/aromatic N) is 1. The Morgan fingerprint density at radius 3 is 2.50 bits per heavy atom. The van der Waals surface area contributed by atoms with Crippen molar-refractivity contribution in [1.29, 1.82) is 0 Å². The fraction of sp³-hybridized carbons (Fsp3) is 0.143. The summed E-state index contributed by atoms with van der Waals surface area (Å²) in [6.07, 6.45) is 0. The van der Waals surface area contributed by atoms with Gasteiger partial charge in [0.2, 0.25) is 5.75 Å². The fourth-order valence-corrected chi connectivity index (χ4v) is 1.66. The predicted octanol–water partition coefficient (Wildman–Crippen LogP) is 3.96. The molecule has 0 aliphatic heterocycles. The average Bonchev–Trinajstić information content (AvgIpc) is 2.43. The molecule has 0 atom stereocenters. The topological polar surface area (TPSA) is 84.3 Å². The molecule has 2 aromatic rings. The van der Waals surface area contributed by atoms with Gasteiger partial charge in [0.05, 0.1) is 4.92 Å². The van der Waals surface area contributed by atoms with Crippen molar-refractivity contribution in [1.82, 2.24) is 0 Å². The van der Waals surface area contributed by atoms with E-state index in [1.807, 2.05) is 6.92 Å². The minimum atomic E-state index is -0.491. The average molecular weight is 273 g/mol. The maximum atomic E-state index is 11.7. The summed E-state index contributed by atoms with van der Waals surface area (Å²) in [5, 5.41) is 25.3. The van der Waals surface area contributed by atoms with E-state index in [0.29, 0.717) is 5.75 Å². The number of hydrogen-bond donors (Lipinski definition) is 1. The second-order valence-electron chi connectivity index (χ2n) is 4.04. The Morgan fingerprint density at radius 2 is 1.90 bits per heavy atom. The maximum absolute atomic E-state index is 11.7. The van der Waals surface area contributed by atoms with Gasteiger partial charge in [-0.05, 0) is 31.2 Å². The van der Waals surface area contributed by atoms with E-state index in [2.05, 4.69) is 5.32 Å². The second kappa shape index (κ2) is 5.92. The highest BCUT2D eigenvalue weighted by molar-refractivity contribution is 5.55. The van der Waals surface area contributed by atoms with Crippen LogP contribution in [0.1, 0.15) is 6.92 Å². The molecule has 0 aromatic heterocycles. The van der Waals surface area contributed by atoms with Crippen LogP contribution in [0, 0.1) is 10.1 Å². The molecule has 0 spiro atoms. The normalized spacial score (nSPS) is 10.1. The molecule has 0 aliphatic rings. The third kappa shape index (κ3) is 3.17. The van der Waals surface area contributed by atoms with Crippen LogP contribution in [0.3, 0.4) is 0 Å². The molecule has 0 heterocycles. The van der Waals surface area contributed by atoms with Crippen molar-refractivity contribution >= 4 is 11.4 Å². The van der Waals surface area contributed by atoms with E-state index in [4.69, 9.17) is 4.74 Å². The van der Waals surface area contributed by atoms with Gasteiger partial charge < -0.3 is 10.1 Å². The van der Waals surface area contributed by atoms with Crippen LogP contribution in [0.4, 0.5) is 11.4 Å². The summed E-state index contributed by atoms with van der Waals surface area (Å²) in [5.41, 5.74) is 0.755. The molecule has 20 heavy (non-hydrogen) atoms. The van der Waals surface area contributed by atoms with Gasteiger partial charge in [0, 0.05) is 30.4 Å². The Kier molecular flexibility index (Phi) is 4.05. The number of hydrogen-bond acceptors (Lipinski definition) is 4. The van der Waals surface area contributed by atoms with Gasteiger partial charge in [-0.2, -0.15) is 0 Å². The minimum Gasteiger partial charge on any atom is -0.453 e. The Bertz CT molecular complexity index is 611. The summed E-state index contributed by atoms with van der Waals surface area (Å²) in [5.74, 6) is 0.309. The molecule has 6 heteroatoms. The van der Waals surface area contributed by atoms with Gasteiger partial charge in [0.1, 0.15) is 5.75 Å². The highest BCUT2D eigenvalue weighted by Gasteiger charge is 2.09. The summed E-state index contributed by atoms with van der Waals surface area (Å²) in [7, 11) is 0. The molecule has 1 N–H and O–H groups in total. The highest BCUT2D eigenvalue weighted by Crippen LogP contribution is 2.34. The van der Waals surface area contributed by atoms with Crippen LogP contribution >= 0.6 is 0 Å². The van der Waals surface area contributed by atoms with Crippen molar-refractivity contribution < 1.29 is 14.8 Å². The van der Waals surface area contributed by atoms with Gasteiger partial charge in [-0.15, -0.1) is 0 Å². The van der Waals surface area contributed by atoms with Crippen LogP contribution in [0.15, 0.2) is 42.5 Å². The Labute approximate surface area is 115 Å². The van der Waals surface area contributed by atoms with Gasteiger partial charge >= 0.3 is 0 Å². The first kappa shape index (κ1) is 13.7. The number of non-ortho nitro benzene ring substituents is 1. The van der Waals surface area contributed by atoms with E-state index in [1.165, 1.54) is 30.3 Å². The zero-order valence-electron chi connectivity index (χ0n) is 10.8. The lowest BCUT2D eigenvalue weighted by Gasteiger charge is -2.09. The number of anilines is 1. The summed E-state index contributed by atoms with van der Waals surface area (Å²) < 4.78 is 5.46. The van der Waals surface area contributed by atoms with E-state index < -0.39 is 4.92 Å². The van der Waals surface area contributed by atoms with Crippen molar-refractivity contribution in [2.24, 2.45) is 0 Å². The molecule has 0 aliphatic carbocycles. The van der Waals surface area contributed by atoms with Crippen LogP contribution in [-0.4, -0.2) is 11.5 Å². The number of benzene rings is 2. The lowest BCUT2D eigenvalue weighted by atomic mass is 10.2. The monoisotopic (exact) mass is 273 g/mol. The first-order valence-corrected chi connectivity index (χ1v) is 6.07. The van der Waals surface area contributed by atoms with Crippen LogP contribution in [0.25, 0.3) is 0 Å². The third-order valence-corrected chi connectivity index (χ3v) is 2.60. The number of rotatable bonds is 5. The van der Waals surface area contributed by atoms with Crippen molar-refractivity contribution in [3.05, 3.63) is 52.6 Å². The van der Waals surface area contributed by atoms with Crippen molar-refractivity contribution in [2.45, 2.75) is 6.92 Å². The molecule has 0 saturated heterocycles. The highest BCUT2D eigenvalue weighted by atomic mass is 16.6. The lowest BCUT2D eigenvalue weighted by Crippen LogP contribution is -1.96. The summed E-state index contributed by atoms with van der Waals surface area (Å²) in [6, 6.07) is 10.3. The zero-order chi connectivity index (χ0) is 14.5. The molecule has 0 unspecified atom stereocenters. The van der Waals surface area contributed by atoms with E-state index in [1.54, 1.807) is 12.1 Å². The van der Waals surface area contributed by atoms with Crippen molar-refractivity contribution in [3.8, 4) is 17.2 Å². The van der Waals surface area contributed by atoms with E-state index in [0.717, 1.165) is 12.2 Å². The molecular weight excluding hydrogens is 260 g/mol. The summed E-state index contributed by atoms with van der Waals surface area (Å²) >= 11 is 0. The molecule has 2 aromatic carbocycles. The summed E-state index contributed by atoms with van der Waals surface area (Å²) in [6.45, 7) is 2.68. The molecule has 0 saturated carbocycles. The molecule has 0 fully saturated rings. The van der Waals surface area contributed by atoms with E-state index in [-0.39, 0.29) is 17.2 Å². The van der Waals surface area contributed by atoms with Crippen molar-refractivity contribution in [3.63, 3.8) is 0 Å². The number of ether oxygens (including phenoxy) is 1. The zero-order valence-corrected chi connectivity index (χ0v) is 10.8. The minimum absolute atomic E-state index is 0.0268. The predicted molar refractivity (Wildman–Crippen MR) is 73.9 cm³/mol. The largest absolute Gasteiger partial charge is 0.453 e. The van der Waals surface area contributed by atoms with Gasteiger partial charge in [0.15, 0.2) is 5.75 Å². The molecule has 103 valence electrons. The fourth-order valence-electron chi connectivity index (χ4n) is 1.66. The standard InChI is InChI=1S/C14H13N2O4/c1-2-15-10-3-8-13(17)14(9-10)20-12-6-4-11(5-7-12)16(18)19/h3-9,15H,2H2,1H3. The van der Waals surface area contributed by atoms with Gasteiger partial charge in [-0.3, -0.25) is 15.2 Å². The number of nitro benzene ring substituents is 1.